The lowest BCUT2D eigenvalue weighted by Crippen LogP contribution is -2.48. The first kappa shape index (κ1) is 20.2. The smallest absolute Gasteiger partial charge is 0.239 e. The number of hydrogen-bond acceptors (Lipinski definition) is 3. The van der Waals surface area contributed by atoms with Gasteiger partial charge >= 0.3 is 0 Å². The number of rotatable bonds is 5. The standard InChI is InChI=1S/C15H29N3O2.ClH/c1-15(2,3)8-13(19)17-10-14(20)18-12-7-5-4-6-11(12)9-16;/h11-12H,4-10,16H2,1-3H3,(H,17,19)(H,18,20);1H. The molecule has 5 nitrogen and oxygen atoms in total. The van der Waals surface area contributed by atoms with E-state index in [4.69, 9.17) is 5.73 Å². The summed E-state index contributed by atoms with van der Waals surface area (Å²) in [5.41, 5.74) is 5.68. The third-order valence-electron chi connectivity index (χ3n) is 3.70. The van der Waals surface area contributed by atoms with Gasteiger partial charge in [0.15, 0.2) is 0 Å². The van der Waals surface area contributed by atoms with Crippen LogP contribution in [0.4, 0.5) is 0 Å². The summed E-state index contributed by atoms with van der Waals surface area (Å²) in [5.74, 6) is 0.183. The van der Waals surface area contributed by atoms with Crippen LogP contribution in [-0.2, 0) is 9.59 Å². The van der Waals surface area contributed by atoms with Crippen LogP contribution >= 0.6 is 12.4 Å². The highest BCUT2D eigenvalue weighted by molar-refractivity contribution is 5.85. The van der Waals surface area contributed by atoms with E-state index in [2.05, 4.69) is 10.6 Å². The van der Waals surface area contributed by atoms with Gasteiger partial charge in [-0.1, -0.05) is 33.6 Å². The van der Waals surface area contributed by atoms with Gasteiger partial charge in [-0.05, 0) is 30.7 Å². The molecule has 1 aliphatic rings. The number of hydrogen-bond donors (Lipinski definition) is 3. The highest BCUT2D eigenvalue weighted by Gasteiger charge is 2.25. The van der Waals surface area contributed by atoms with Crippen molar-refractivity contribution in [1.82, 2.24) is 10.6 Å². The molecule has 0 aromatic carbocycles. The van der Waals surface area contributed by atoms with Crippen molar-refractivity contribution in [3.63, 3.8) is 0 Å². The summed E-state index contributed by atoms with van der Waals surface area (Å²) >= 11 is 0. The van der Waals surface area contributed by atoms with Crippen molar-refractivity contribution >= 4 is 24.2 Å². The molecule has 1 saturated carbocycles. The molecule has 2 amide bonds. The number of carbonyl (C=O) groups is 2. The Labute approximate surface area is 134 Å². The highest BCUT2D eigenvalue weighted by Crippen LogP contribution is 2.23. The van der Waals surface area contributed by atoms with Crippen molar-refractivity contribution < 1.29 is 9.59 Å². The van der Waals surface area contributed by atoms with E-state index >= 15 is 0 Å². The molecule has 6 heteroatoms. The van der Waals surface area contributed by atoms with Gasteiger partial charge in [-0.15, -0.1) is 12.4 Å². The largest absolute Gasteiger partial charge is 0.352 e. The molecule has 0 aliphatic heterocycles. The second-order valence-corrected chi connectivity index (χ2v) is 6.97. The maximum absolute atomic E-state index is 11.9. The Morgan fingerprint density at radius 2 is 1.76 bits per heavy atom. The van der Waals surface area contributed by atoms with E-state index in [0.29, 0.717) is 18.9 Å². The van der Waals surface area contributed by atoms with Crippen molar-refractivity contribution in [1.29, 1.82) is 0 Å². The summed E-state index contributed by atoms with van der Waals surface area (Å²) in [4.78, 5) is 23.5. The molecule has 1 aliphatic carbocycles. The Kier molecular flexibility index (Phi) is 8.90. The predicted octanol–water partition coefficient (Wildman–Crippen LogP) is 1.59. The second-order valence-electron chi connectivity index (χ2n) is 6.97. The first-order chi connectivity index (χ1) is 9.31. The van der Waals surface area contributed by atoms with E-state index < -0.39 is 0 Å². The SMILES string of the molecule is CC(C)(C)CC(=O)NCC(=O)NC1CCCCC1CN.Cl. The van der Waals surface area contributed by atoms with Gasteiger partial charge in [0.25, 0.3) is 0 Å². The summed E-state index contributed by atoms with van der Waals surface area (Å²) in [6.07, 6.45) is 4.82. The molecule has 0 radical (unpaired) electrons. The number of carbonyl (C=O) groups excluding carboxylic acids is 2. The Morgan fingerprint density at radius 3 is 2.33 bits per heavy atom. The molecule has 21 heavy (non-hydrogen) atoms. The fraction of sp³-hybridized carbons (Fsp3) is 0.867. The monoisotopic (exact) mass is 319 g/mol. The Morgan fingerprint density at radius 1 is 1.14 bits per heavy atom. The zero-order valence-electron chi connectivity index (χ0n) is 13.4. The molecule has 0 bridgehead atoms. The molecule has 124 valence electrons. The van der Waals surface area contributed by atoms with Gasteiger partial charge in [0.05, 0.1) is 6.54 Å². The van der Waals surface area contributed by atoms with Gasteiger partial charge in [0, 0.05) is 12.5 Å². The van der Waals surface area contributed by atoms with Crippen molar-refractivity contribution in [2.45, 2.75) is 58.9 Å². The number of halogens is 1. The molecular weight excluding hydrogens is 290 g/mol. The quantitative estimate of drug-likeness (QED) is 0.719. The van der Waals surface area contributed by atoms with E-state index in [1.807, 2.05) is 20.8 Å². The molecule has 0 spiro atoms. The molecule has 4 N–H and O–H groups in total. The van der Waals surface area contributed by atoms with Crippen LogP contribution < -0.4 is 16.4 Å². The lowest BCUT2D eigenvalue weighted by molar-refractivity contribution is -0.127. The van der Waals surface area contributed by atoms with Crippen molar-refractivity contribution in [2.24, 2.45) is 17.1 Å². The molecule has 0 aromatic rings. The van der Waals surface area contributed by atoms with E-state index in [0.717, 1.165) is 19.3 Å². The number of amides is 2. The molecular formula is C15H30ClN3O2. The molecule has 2 unspecified atom stereocenters. The van der Waals surface area contributed by atoms with Crippen molar-refractivity contribution in [2.75, 3.05) is 13.1 Å². The Balaban J connectivity index is 0.00000400. The number of nitrogens with one attached hydrogen (secondary N) is 2. The zero-order valence-corrected chi connectivity index (χ0v) is 14.2. The van der Waals surface area contributed by atoms with Crippen LogP contribution in [0.1, 0.15) is 52.9 Å². The summed E-state index contributed by atoms with van der Waals surface area (Å²) < 4.78 is 0. The topological polar surface area (TPSA) is 84.2 Å². The van der Waals surface area contributed by atoms with Crippen LogP contribution in [0.3, 0.4) is 0 Å². The van der Waals surface area contributed by atoms with Crippen LogP contribution in [0.15, 0.2) is 0 Å². The average Bonchev–Trinajstić information content (AvgIpc) is 2.35. The van der Waals surface area contributed by atoms with Crippen molar-refractivity contribution in [3.8, 4) is 0 Å². The summed E-state index contributed by atoms with van der Waals surface area (Å²) in [7, 11) is 0. The van der Waals surface area contributed by atoms with Gasteiger partial charge in [-0.2, -0.15) is 0 Å². The molecule has 0 saturated heterocycles. The average molecular weight is 320 g/mol. The van der Waals surface area contributed by atoms with E-state index in [-0.39, 0.29) is 42.2 Å². The summed E-state index contributed by atoms with van der Waals surface area (Å²) in [6.45, 7) is 6.67. The normalized spacial score (nSPS) is 22.1. The summed E-state index contributed by atoms with van der Waals surface area (Å²) in [6, 6.07) is 0.167. The van der Waals surface area contributed by atoms with Gasteiger partial charge in [0.2, 0.25) is 11.8 Å². The van der Waals surface area contributed by atoms with Crippen LogP contribution in [0.5, 0.6) is 0 Å². The van der Waals surface area contributed by atoms with Crippen LogP contribution in [0.25, 0.3) is 0 Å². The molecule has 1 fully saturated rings. The van der Waals surface area contributed by atoms with Crippen molar-refractivity contribution in [3.05, 3.63) is 0 Å². The summed E-state index contributed by atoms with van der Waals surface area (Å²) in [5, 5.41) is 5.68. The van der Waals surface area contributed by atoms with Crippen LogP contribution in [0, 0.1) is 11.3 Å². The van der Waals surface area contributed by atoms with Crippen LogP contribution in [-0.4, -0.2) is 30.9 Å². The van der Waals surface area contributed by atoms with Crippen LogP contribution in [0.2, 0.25) is 0 Å². The minimum Gasteiger partial charge on any atom is -0.352 e. The lowest BCUT2D eigenvalue weighted by Gasteiger charge is -2.31. The van der Waals surface area contributed by atoms with Gasteiger partial charge in [0.1, 0.15) is 0 Å². The van der Waals surface area contributed by atoms with Gasteiger partial charge in [-0.3, -0.25) is 9.59 Å². The van der Waals surface area contributed by atoms with E-state index in [1.165, 1.54) is 6.42 Å². The number of nitrogens with two attached hydrogens (primary N) is 1. The highest BCUT2D eigenvalue weighted by atomic mass is 35.5. The predicted molar refractivity (Wildman–Crippen MR) is 87.3 cm³/mol. The minimum atomic E-state index is -0.113. The molecule has 0 aromatic heterocycles. The molecule has 2 atom stereocenters. The molecule has 1 rings (SSSR count). The Hall–Kier alpha value is -0.810. The second kappa shape index (κ2) is 9.26. The first-order valence-corrected chi connectivity index (χ1v) is 7.58. The van der Waals surface area contributed by atoms with Gasteiger partial charge in [-0.25, -0.2) is 0 Å². The fourth-order valence-corrected chi connectivity index (χ4v) is 2.66. The van der Waals surface area contributed by atoms with E-state index in [9.17, 15) is 9.59 Å². The third kappa shape index (κ3) is 8.27. The molecule has 0 heterocycles. The zero-order chi connectivity index (χ0) is 15.2. The Bertz CT molecular complexity index is 342. The third-order valence-corrected chi connectivity index (χ3v) is 3.70. The minimum absolute atomic E-state index is 0. The lowest BCUT2D eigenvalue weighted by atomic mass is 9.84. The van der Waals surface area contributed by atoms with E-state index in [1.54, 1.807) is 0 Å². The van der Waals surface area contributed by atoms with Gasteiger partial charge < -0.3 is 16.4 Å². The first-order valence-electron chi connectivity index (χ1n) is 7.58. The maximum Gasteiger partial charge on any atom is 0.239 e. The fourth-order valence-electron chi connectivity index (χ4n) is 2.66. The maximum atomic E-state index is 11.9.